The number of likely N-dealkylation sites (N-methyl/N-ethyl adjacent to an activating group) is 2. The summed E-state index contributed by atoms with van der Waals surface area (Å²) in [5, 5.41) is 0. The molecule has 0 rings (SSSR count). The second kappa shape index (κ2) is 9.83. The zero-order valence-corrected chi connectivity index (χ0v) is 12.4. The number of rotatable bonds is 11. The third-order valence-electron chi connectivity index (χ3n) is 3.50. The molecule has 0 spiro atoms. The Labute approximate surface area is 107 Å². The van der Waals surface area contributed by atoms with Gasteiger partial charge >= 0.3 is 0 Å². The molecule has 0 heterocycles. The fourth-order valence-corrected chi connectivity index (χ4v) is 1.88. The van der Waals surface area contributed by atoms with Gasteiger partial charge in [0.25, 0.3) is 0 Å². The quantitative estimate of drug-likeness (QED) is 0.403. The Morgan fingerprint density at radius 2 is 1.59 bits per heavy atom. The molecule has 4 heteroatoms. The van der Waals surface area contributed by atoms with Crippen molar-refractivity contribution in [3.8, 4) is 0 Å². The zero-order chi connectivity index (χ0) is 13.1. The van der Waals surface area contributed by atoms with Crippen molar-refractivity contribution in [2.24, 2.45) is 0 Å². The molecule has 0 aromatic heterocycles. The Balaban J connectivity index is 3.93. The van der Waals surface area contributed by atoms with E-state index in [2.05, 4.69) is 32.8 Å². The lowest BCUT2D eigenvalue weighted by Crippen LogP contribution is -2.52. The van der Waals surface area contributed by atoms with Crippen LogP contribution in [0.2, 0.25) is 0 Å². The summed E-state index contributed by atoms with van der Waals surface area (Å²) < 4.78 is 11.7. The second-order valence-corrected chi connectivity index (χ2v) is 4.83. The monoisotopic (exact) mass is 247 g/mol. The smallest absolute Gasteiger partial charge is 0.102 e. The van der Waals surface area contributed by atoms with Gasteiger partial charge < -0.3 is 18.9 Å². The predicted octanol–water partition coefficient (Wildman–Crippen LogP) is 1.07. The molecule has 0 N–H and O–H groups in total. The maximum Gasteiger partial charge on any atom is 0.102 e. The highest BCUT2D eigenvalue weighted by atomic mass is 16.5. The van der Waals surface area contributed by atoms with E-state index in [0.717, 1.165) is 24.2 Å². The zero-order valence-electron chi connectivity index (χ0n) is 12.4. The first-order chi connectivity index (χ1) is 8.10. The molecule has 104 valence electrons. The lowest BCUT2D eigenvalue weighted by Gasteiger charge is -2.37. The van der Waals surface area contributed by atoms with E-state index in [-0.39, 0.29) is 0 Å². The summed E-state index contributed by atoms with van der Waals surface area (Å²) in [6.45, 7) is 12.6. The summed E-state index contributed by atoms with van der Waals surface area (Å²) in [5.41, 5.74) is 0. The van der Waals surface area contributed by atoms with E-state index in [0.29, 0.717) is 13.2 Å². The average Bonchev–Trinajstić information content (AvgIpc) is 2.33. The van der Waals surface area contributed by atoms with Crippen LogP contribution >= 0.6 is 0 Å². The Morgan fingerprint density at radius 3 is 2.06 bits per heavy atom. The van der Waals surface area contributed by atoms with Crippen molar-refractivity contribution in [1.82, 2.24) is 4.90 Å². The number of methoxy groups -OCH3 is 1. The van der Waals surface area contributed by atoms with Crippen LogP contribution in [0.25, 0.3) is 0 Å². The van der Waals surface area contributed by atoms with Gasteiger partial charge in [-0.15, -0.1) is 0 Å². The molecule has 0 aromatic carbocycles. The van der Waals surface area contributed by atoms with Crippen LogP contribution in [0.1, 0.15) is 13.8 Å². The molecular formula is C13H31N2O2+. The molecule has 0 saturated carbocycles. The molecule has 0 unspecified atom stereocenters. The fraction of sp³-hybridized carbons (Fsp3) is 1.00. The molecule has 0 bridgehead atoms. The van der Waals surface area contributed by atoms with E-state index in [4.69, 9.17) is 9.47 Å². The van der Waals surface area contributed by atoms with Gasteiger partial charge in [-0.2, -0.15) is 0 Å². The SMILES string of the molecule is CC[N+](CC)(CCOCCOC)CCN(C)C. The van der Waals surface area contributed by atoms with Crippen molar-refractivity contribution < 1.29 is 14.0 Å². The summed E-state index contributed by atoms with van der Waals surface area (Å²) in [5.74, 6) is 0. The average molecular weight is 247 g/mol. The van der Waals surface area contributed by atoms with Crippen molar-refractivity contribution in [2.45, 2.75) is 13.8 Å². The molecule has 0 amide bonds. The molecule has 0 aromatic rings. The van der Waals surface area contributed by atoms with E-state index < -0.39 is 0 Å². The summed E-state index contributed by atoms with van der Waals surface area (Å²) in [7, 11) is 5.98. The normalized spacial score (nSPS) is 12.4. The van der Waals surface area contributed by atoms with E-state index in [9.17, 15) is 0 Å². The molecule has 0 saturated heterocycles. The Kier molecular flexibility index (Phi) is 9.74. The number of ether oxygens (including phenoxy) is 2. The van der Waals surface area contributed by atoms with Crippen LogP contribution in [0.3, 0.4) is 0 Å². The molecule has 0 fully saturated rings. The number of nitrogens with zero attached hydrogens (tertiary/aromatic N) is 2. The maximum absolute atomic E-state index is 5.59. The van der Waals surface area contributed by atoms with Crippen LogP contribution in [0.5, 0.6) is 0 Å². The molecule has 0 aliphatic rings. The first-order valence-electron chi connectivity index (χ1n) is 6.66. The van der Waals surface area contributed by atoms with E-state index in [1.54, 1.807) is 7.11 Å². The molecule has 4 nitrogen and oxygen atoms in total. The van der Waals surface area contributed by atoms with E-state index >= 15 is 0 Å². The van der Waals surface area contributed by atoms with Gasteiger partial charge in [-0.3, -0.25) is 0 Å². The van der Waals surface area contributed by atoms with Crippen LogP contribution in [0.15, 0.2) is 0 Å². The molecule has 0 aliphatic heterocycles. The minimum atomic E-state index is 0.690. The van der Waals surface area contributed by atoms with Crippen LogP contribution in [0.4, 0.5) is 0 Å². The van der Waals surface area contributed by atoms with Crippen molar-refractivity contribution in [3.63, 3.8) is 0 Å². The van der Waals surface area contributed by atoms with Crippen molar-refractivity contribution >= 4 is 0 Å². The van der Waals surface area contributed by atoms with Crippen LogP contribution < -0.4 is 0 Å². The molecule has 17 heavy (non-hydrogen) atoms. The maximum atomic E-state index is 5.59. The minimum absolute atomic E-state index is 0.690. The predicted molar refractivity (Wildman–Crippen MR) is 72.3 cm³/mol. The largest absolute Gasteiger partial charge is 0.382 e. The summed E-state index contributed by atoms with van der Waals surface area (Å²) >= 11 is 0. The van der Waals surface area contributed by atoms with Gasteiger partial charge in [0.05, 0.1) is 39.5 Å². The molecular weight excluding hydrogens is 216 g/mol. The van der Waals surface area contributed by atoms with E-state index in [1.807, 2.05) is 0 Å². The molecule has 0 aliphatic carbocycles. The lowest BCUT2D eigenvalue weighted by molar-refractivity contribution is -0.924. The van der Waals surface area contributed by atoms with Crippen LogP contribution in [-0.4, -0.2) is 83.1 Å². The standard InChI is InChI=1S/C13H31N2O2/c1-6-15(7-2,9-8-14(3)4)10-11-17-13-12-16-5/h6-13H2,1-5H3/q+1. The summed E-state index contributed by atoms with van der Waals surface area (Å²) in [4.78, 5) is 2.25. The van der Waals surface area contributed by atoms with Crippen molar-refractivity contribution in [1.29, 1.82) is 0 Å². The first-order valence-corrected chi connectivity index (χ1v) is 6.66. The highest BCUT2D eigenvalue weighted by Gasteiger charge is 2.22. The van der Waals surface area contributed by atoms with E-state index in [1.165, 1.54) is 19.6 Å². The van der Waals surface area contributed by atoms with Gasteiger partial charge in [0.2, 0.25) is 0 Å². The van der Waals surface area contributed by atoms with Gasteiger partial charge in [-0.1, -0.05) is 0 Å². The third-order valence-corrected chi connectivity index (χ3v) is 3.50. The fourth-order valence-electron chi connectivity index (χ4n) is 1.88. The van der Waals surface area contributed by atoms with Crippen molar-refractivity contribution in [3.05, 3.63) is 0 Å². The van der Waals surface area contributed by atoms with Crippen LogP contribution in [-0.2, 0) is 9.47 Å². The first kappa shape index (κ1) is 16.8. The summed E-state index contributed by atoms with van der Waals surface area (Å²) in [6, 6.07) is 0. The lowest BCUT2D eigenvalue weighted by atomic mass is 10.3. The Morgan fingerprint density at radius 1 is 0.941 bits per heavy atom. The Bertz CT molecular complexity index is 171. The van der Waals surface area contributed by atoms with Gasteiger partial charge in [0.1, 0.15) is 6.54 Å². The van der Waals surface area contributed by atoms with Gasteiger partial charge in [0.15, 0.2) is 0 Å². The summed E-state index contributed by atoms with van der Waals surface area (Å²) in [6.07, 6.45) is 0. The second-order valence-electron chi connectivity index (χ2n) is 4.83. The number of hydrogen-bond acceptors (Lipinski definition) is 3. The Hall–Kier alpha value is -0.160. The number of hydrogen-bond donors (Lipinski definition) is 0. The minimum Gasteiger partial charge on any atom is -0.382 e. The van der Waals surface area contributed by atoms with Crippen LogP contribution in [0, 0.1) is 0 Å². The number of quaternary nitrogens is 1. The molecule has 0 radical (unpaired) electrons. The molecule has 0 atom stereocenters. The van der Waals surface area contributed by atoms with Gasteiger partial charge in [-0.05, 0) is 27.9 Å². The third kappa shape index (κ3) is 7.71. The van der Waals surface area contributed by atoms with Gasteiger partial charge in [0, 0.05) is 13.7 Å². The highest BCUT2D eigenvalue weighted by molar-refractivity contribution is 4.46. The van der Waals surface area contributed by atoms with Crippen molar-refractivity contribution in [2.75, 3.05) is 73.7 Å². The topological polar surface area (TPSA) is 21.7 Å². The van der Waals surface area contributed by atoms with Gasteiger partial charge in [-0.25, -0.2) is 0 Å². The highest BCUT2D eigenvalue weighted by Crippen LogP contribution is 2.06.